The van der Waals surface area contributed by atoms with Gasteiger partial charge in [-0.3, -0.25) is 14.4 Å². The number of likely N-dealkylation sites (tertiary alicyclic amines) is 1. The zero-order valence-corrected chi connectivity index (χ0v) is 12.6. The van der Waals surface area contributed by atoms with Crippen LogP contribution in [-0.2, 0) is 19.1 Å². The minimum atomic E-state index is -0.287. The standard InChI is InChI=1S/C15H22N2O4/c1-4-12(18)16(2)9-13(19)17-8-11(14(20)21-3)15(10-17)6-5-7-15/h4,11H,1,5-10H2,2-3H3. The molecule has 2 rings (SSSR count). The Kier molecular flexibility index (Phi) is 4.34. The number of nitrogens with zero attached hydrogens (tertiary/aromatic N) is 2. The lowest BCUT2D eigenvalue weighted by atomic mass is 9.63. The van der Waals surface area contributed by atoms with Crippen LogP contribution in [0, 0.1) is 11.3 Å². The van der Waals surface area contributed by atoms with E-state index in [1.807, 2.05) is 0 Å². The highest BCUT2D eigenvalue weighted by molar-refractivity contribution is 5.91. The largest absolute Gasteiger partial charge is 0.469 e. The Morgan fingerprint density at radius 1 is 1.43 bits per heavy atom. The van der Waals surface area contributed by atoms with Gasteiger partial charge in [-0.15, -0.1) is 0 Å². The zero-order valence-electron chi connectivity index (χ0n) is 12.6. The summed E-state index contributed by atoms with van der Waals surface area (Å²) in [6, 6.07) is 0. The van der Waals surface area contributed by atoms with Gasteiger partial charge in [-0.1, -0.05) is 13.0 Å². The molecule has 1 spiro atoms. The van der Waals surface area contributed by atoms with Crippen LogP contribution in [0.3, 0.4) is 0 Å². The second-order valence-electron chi connectivity index (χ2n) is 5.96. The lowest BCUT2D eigenvalue weighted by molar-refractivity contribution is -0.150. The molecule has 1 saturated heterocycles. The van der Waals surface area contributed by atoms with E-state index in [-0.39, 0.29) is 35.7 Å². The smallest absolute Gasteiger partial charge is 0.311 e. The Bertz CT molecular complexity index is 470. The molecule has 1 atom stereocenters. The number of ether oxygens (including phenoxy) is 1. The van der Waals surface area contributed by atoms with Gasteiger partial charge >= 0.3 is 5.97 Å². The number of rotatable bonds is 4. The van der Waals surface area contributed by atoms with Crippen LogP contribution < -0.4 is 0 Å². The molecule has 1 aliphatic carbocycles. The third-order valence-electron chi connectivity index (χ3n) is 4.76. The Morgan fingerprint density at radius 3 is 2.57 bits per heavy atom. The molecule has 0 bridgehead atoms. The van der Waals surface area contributed by atoms with E-state index in [9.17, 15) is 14.4 Å². The van der Waals surface area contributed by atoms with Crippen LogP contribution in [0.5, 0.6) is 0 Å². The monoisotopic (exact) mass is 294 g/mol. The summed E-state index contributed by atoms with van der Waals surface area (Å²) in [4.78, 5) is 38.7. The maximum Gasteiger partial charge on any atom is 0.311 e. The van der Waals surface area contributed by atoms with Gasteiger partial charge < -0.3 is 14.5 Å². The lowest BCUT2D eigenvalue weighted by Gasteiger charge is -2.41. The van der Waals surface area contributed by atoms with Crippen molar-refractivity contribution < 1.29 is 19.1 Å². The predicted molar refractivity (Wildman–Crippen MR) is 76.2 cm³/mol. The molecule has 21 heavy (non-hydrogen) atoms. The van der Waals surface area contributed by atoms with Crippen molar-refractivity contribution in [1.29, 1.82) is 0 Å². The first kappa shape index (κ1) is 15.5. The molecule has 116 valence electrons. The Hall–Kier alpha value is -1.85. The molecule has 0 N–H and O–H groups in total. The predicted octanol–water partition coefficient (Wildman–Crippen LogP) is 0.433. The van der Waals surface area contributed by atoms with Gasteiger partial charge in [0.25, 0.3) is 0 Å². The molecule has 1 saturated carbocycles. The SMILES string of the molecule is C=CC(=O)N(C)CC(=O)N1CC(C(=O)OC)C2(CCC2)C1. The van der Waals surface area contributed by atoms with Crippen molar-refractivity contribution in [2.75, 3.05) is 33.8 Å². The van der Waals surface area contributed by atoms with Crippen LogP contribution in [0.15, 0.2) is 12.7 Å². The lowest BCUT2D eigenvalue weighted by Crippen LogP contribution is -2.42. The molecule has 6 heteroatoms. The number of likely N-dealkylation sites (N-methyl/N-ethyl adjacent to an activating group) is 1. The van der Waals surface area contributed by atoms with E-state index in [2.05, 4.69) is 6.58 Å². The van der Waals surface area contributed by atoms with Crippen molar-refractivity contribution in [2.45, 2.75) is 19.3 Å². The van der Waals surface area contributed by atoms with Gasteiger partial charge in [0, 0.05) is 25.6 Å². The second kappa shape index (κ2) is 5.87. The fourth-order valence-electron chi connectivity index (χ4n) is 3.30. The molecule has 1 heterocycles. The summed E-state index contributed by atoms with van der Waals surface area (Å²) in [5.74, 6) is -0.892. The van der Waals surface area contributed by atoms with E-state index >= 15 is 0 Å². The van der Waals surface area contributed by atoms with Gasteiger partial charge in [-0.05, 0) is 18.9 Å². The summed E-state index contributed by atoms with van der Waals surface area (Å²) in [5, 5.41) is 0. The van der Waals surface area contributed by atoms with Crippen molar-refractivity contribution in [3.63, 3.8) is 0 Å². The molecule has 2 fully saturated rings. The van der Waals surface area contributed by atoms with E-state index in [1.165, 1.54) is 18.1 Å². The summed E-state index contributed by atoms with van der Waals surface area (Å²) >= 11 is 0. The van der Waals surface area contributed by atoms with Gasteiger partial charge in [-0.25, -0.2) is 0 Å². The topological polar surface area (TPSA) is 66.9 Å². The number of amides is 2. The number of esters is 1. The maximum absolute atomic E-state index is 12.3. The number of hydrogen-bond donors (Lipinski definition) is 0. The van der Waals surface area contributed by atoms with Gasteiger partial charge in [0.2, 0.25) is 11.8 Å². The average Bonchev–Trinajstić information content (AvgIpc) is 2.86. The van der Waals surface area contributed by atoms with E-state index in [1.54, 1.807) is 11.9 Å². The summed E-state index contributed by atoms with van der Waals surface area (Å²) in [6.07, 6.45) is 4.18. The molecular weight excluding hydrogens is 272 g/mol. The molecule has 1 unspecified atom stereocenters. The summed E-state index contributed by atoms with van der Waals surface area (Å²) < 4.78 is 4.88. The van der Waals surface area contributed by atoms with Crippen LogP contribution in [-0.4, -0.2) is 61.4 Å². The number of hydrogen-bond acceptors (Lipinski definition) is 4. The van der Waals surface area contributed by atoms with Crippen LogP contribution in [0.2, 0.25) is 0 Å². The first-order valence-corrected chi connectivity index (χ1v) is 7.16. The van der Waals surface area contributed by atoms with E-state index < -0.39 is 0 Å². The highest BCUT2D eigenvalue weighted by Crippen LogP contribution is 2.52. The molecule has 2 amide bonds. The fourth-order valence-corrected chi connectivity index (χ4v) is 3.30. The minimum absolute atomic E-state index is 0.00876. The zero-order chi connectivity index (χ0) is 15.6. The van der Waals surface area contributed by atoms with Gasteiger partial charge in [0.15, 0.2) is 0 Å². The van der Waals surface area contributed by atoms with E-state index in [0.29, 0.717) is 13.1 Å². The summed E-state index contributed by atoms with van der Waals surface area (Å²) in [7, 11) is 2.95. The molecule has 2 aliphatic rings. The molecule has 0 aromatic rings. The van der Waals surface area contributed by atoms with Gasteiger partial charge in [0.05, 0.1) is 19.6 Å². The number of carbonyl (C=O) groups excluding carboxylic acids is 3. The van der Waals surface area contributed by atoms with Crippen molar-refractivity contribution in [3.8, 4) is 0 Å². The van der Waals surface area contributed by atoms with Crippen molar-refractivity contribution in [1.82, 2.24) is 9.80 Å². The molecule has 0 aromatic carbocycles. The first-order valence-electron chi connectivity index (χ1n) is 7.16. The third kappa shape index (κ3) is 2.80. The molecule has 0 aromatic heterocycles. The average molecular weight is 294 g/mol. The third-order valence-corrected chi connectivity index (χ3v) is 4.76. The minimum Gasteiger partial charge on any atom is -0.469 e. The fraction of sp³-hybridized carbons (Fsp3) is 0.667. The number of carbonyl (C=O) groups is 3. The van der Waals surface area contributed by atoms with E-state index in [4.69, 9.17) is 4.74 Å². The van der Waals surface area contributed by atoms with Crippen LogP contribution in [0.4, 0.5) is 0 Å². The van der Waals surface area contributed by atoms with Crippen molar-refractivity contribution in [2.24, 2.45) is 11.3 Å². The maximum atomic E-state index is 12.3. The quantitative estimate of drug-likeness (QED) is 0.557. The van der Waals surface area contributed by atoms with E-state index in [0.717, 1.165) is 19.3 Å². The Morgan fingerprint density at radius 2 is 2.10 bits per heavy atom. The van der Waals surface area contributed by atoms with Crippen molar-refractivity contribution >= 4 is 17.8 Å². The Balaban J connectivity index is 2.02. The van der Waals surface area contributed by atoms with Crippen molar-refractivity contribution in [3.05, 3.63) is 12.7 Å². The van der Waals surface area contributed by atoms with Gasteiger partial charge in [-0.2, -0.15) is 0 Å². The van der Waals surface area contributed by atoms with Crippen LogP contribution in [0.1, 0.15) is 19.3 Å². The highest BCUT2D eigenvalue weighted by atomic mass is 16.5. The Labute approximate surface area is 124 Å². The molecule has 1 aliphatic heterocycles. The summed E-state index contributed by atoms with van der Waals surface area (Å²) in [5.41, 5.74) is -0.107. The number of methoxy groups -OCH3 is 1. The van der Waals surface area contributed by atoms with Crippen LogP contribution in [0.25, 0.3) is 0 Å². The normalized spacial score (nSPS) is 22.6. The summed E-state index contributed by atoms with van der Waals surface area (Å²) in [6.45, 7) is 4.39. The highest BCUT2D eigenvalue weighted by Gasteiger charge is 2.54. The molecule has 6 nitrogen and oxygen atoms in total. The van der Waals surface area contributed by atoms with Gasteiger partial charge in [0.1, 0.15) is 0 Å². The first-order chi connectivity index (χ1) is 9.93. The molecular formula is C15H22N2O4. The second-order valence-corrected chi connectivity index (χ2v) is 5.96. The van der Waals surface area contributed by atoms with Crippen LogP contribution >= 0.6 is 0 Å². The molecule has 0 radical (unpaired) electrons.